The zero-order valence-corrected chi connectivity index (χ0v) is 17.0. The number of carbonyl (C=O) groups is 1. The van der Waals surface area contributed by atoms with Crippen LogP contribution in [0.5, 0.6) is 5.75 Å². The highest BCUT2D eigenvalue weighted by Gasteiger charge is 2.16. The van der Waals surface area contributed by atoms with Crippen LogP contribution in [0.25, 0.3) is 0 Å². The number of ether oxygens (including phenoxy) is 1. The molecule has 1 fully saturated rings. The fourth-order valence-electron chi connectivity index (χ4n) is 3.02. The van der Waals surface area contributed by atoms with Gasteiger partial charge in [-0.3, -0.25) is 4.79 Å². The number of methoxy groups -OCH3 is 1. The third-order valence-corrected chi connectivity index (χ3v) is 5.60. The first kappa shape index (κ1) is 21.3. The van der Waals surface area contributed by atoms with E-state index in [2.05, 4.69) is 22.8 Å². The minimum Gasteiger partial charge on any atom is -0.496 e. The maximum atomic E-state index is 12.7. The molecule has 146 valence electrons. The van der Waals surface area contributed by atoms with Crippen LogP contribution in [0.2, 0.25) is 0 Å². The molecule has 0 bridgehead atoms. The molecule has 1 aliphatic rings. The summed E-state index contributed by atoms with van der Waals surface area (Å²) in [5.41, 5.74) is 1.62. The summed E-state index contributed by atoms with van der Waals surface area (Å²) in [5.74, 6) is 0.477. The molecule has 1 aliphatic heterocycles. The van der Waals surface area contributed by atoms with Crippen LogP contribution in [0.15, 0.2) is 60.1 Å². The lowest BCUT2D eigenvalue weighted by Crippen LogP contribution is -2.25. The molecule has 1 saturated heterocycles. The molecule has 0 aliphatic carbocycles. The van der Waals surface area contributed by atoms with Crippen molar-refractivity contribution in [2.75, 3.05) is 26.7 Å². The number of hydrogen-bond acceptors (Lipinski definition) is 4. The highest BCUT2D eigenvalue weighted by atomic mass is 32.2. The molecule has 0 saturated carbocycles. The van der Waals surface area contributed by atoms with Gasteiger partial charge in [0, 0.05) is 24.5 Å². The Balaban J connectivity index is 2.02. The number of carbonyl (C=O) groups excluding carboxylic acids is 1. The van der Waals surface area contributed by atoms with E-state index in [0.29, 0.717) is 24.3 Å². The average Bonchev–Trinajstić information content (AvgIpc) is 2.95. The number of benzene rings is 1. The molecular formula is C22H30N2O2S. The van der Waals surface area contributed by atoms with Gasteiger partial charge in [0.25, 0.3) is 5.91 Å². The monoisotopic (exact) mass is 386 g/mol. The average molecular weight is 387 g/mol. The number of amides is 1. The number of nitrogens with one attached hydrogen (secondary N) is 1. The van der Waals surface area contributed by atoms with Crippen LogP contribution in [0.3, 0.4) is 0 Å². The van der Waals surface area contributed by atoms with Crippen molar-refractivity contribution >= 4 is 17.9 Å². The van der Waals surface area contributed by atoms with E-state index in [1.54, 1.807) is 31.2 Å². The predicted molar refractivity (Wildman–Crippen MR) is 114 cm³/mol. The quantitative estimate of drug-likeness (QED) is 0.479. The number of hydrogen-bond donors (Lipinski definition) is 1. The molecule has 1 aromatic carbocycles. The number of allylic oxidation sites excluding steroid dienone is 3. The van der Waals surface area contributed by atoms with Gasteiger partial charge in [-0.2, -0.15) is 0 Å². The standard InChI is InChI=1S/C22H30N2O2S/c1-4-10-18(5-2)13-14-23-22(25)20-17-19(11-12-21(20)26-3)27-24-15-8-6-7-9-16-24/h4-5,10-12,17H,1-2,6-9,13-16H2,3H3,(H,23,25)/b18-10+. The largest absolute Gasteiger partial charge is 0.496 e. The zero-order valence-electron chi connectivity index (χ0n) is 16.2. The minimum atomic E-state index is -0.118. The highest BCUT2D eigenvalue weighted by molar-refractivity contribution is 7.97. The van der Waals surface area contributed by atoms with Crippen molar-refractivity contribution in [1.29, 1.82) is 0 Å². The first-order chi connectivity index (χ1) is 13.2. The molecule has 1 amide bonds. The Kier molecular flexibility index (Phi) is 9.22. The molecule has 2 rings (SSSR count). The second-order valence-corrected chi connectivity index (χ2v) is 7.65. The number of nitrogens with zero attached hydrogens (tertiary/aromatic N) is 1. The maximum absolute atomic E-state index is 12.7. The molecular weight excluding hydrogens is 356 g/mol. The van der Waals surface area contributed by atoms with E-state index in [1.807, 2.05) is 24.3 Å². The molecule has 0 spiro atoms. The van der Waals surface area contributed by atoms with Crippen LogP contribution < -0.4 is 10.1 Å². The van der Waals surface area contributed by atoms with Gasteiger partial charge in [0.2, 0.25) is 0 Å². The van der Waals surface area contributed by atoms with Gasteiger partial charge in [0.15, 0.2) is 0 Å². The van der Waals surface area contributed by atoms with Crippen molar-refractivity contribution < 1.29 is 9.53 Å². The fraction of sp³-hybridized carbons (Fsp3) is 0.409. The Morgan fingerprint density at radius 1 is 1.26 bits per heavy atom. The summed E-state index contributed by atoms with van der Waals surface area (Å²) in [6, 6.07) is 5.83. The van der Waals surface area contributed by atoms with Gasteiger partial charge >= 0.3 is 0 Å². The van der Waals surface area contributed by atoms with E-state index in [1.165, 1.54) is 25.7 Å². The molecule has 1 N–H and O–H groups in total. The van der Waals surface area contributed by atoms with Gasteiger partial charge in [-0.1, -0.05) is 44.2 Å². The van der Waals surface area contributed by atoms with E-state index in [4.69, 9.17) is 4.74 Å². The normalized spacial score (nSPS) is 15.7. The van der Waals surface area contributed by atoms with Crippen LogP contribution in [0.4, 0.5) is 0 Å². The van der Waals surface area contributed by atoms with Crippen molar-refractivity contribution in [2.24, 2.45) is 0 Å². The highest BCUT2D eigenvalue weighted by Crippen LogP contribution is 2.30. The molecule has 5 heteroatoms. The molecule has 0 atom stereocenters. The number of rotatable bonds is 9. The van der Waals surface area contributed by atoms with Crippen LogP contribution in [0, 0.1) is 0 Å². The predicted octanol–water partition coefficient (Wildman–Crippen LogP) is 5.00. The van der Waals surface area contributed by atoms with Crippen molar-refractivity contribution in [1.82, 2.24) is 9.62 Å². The van der Waals surface area contributed by atoms with E-state index in [9.17, 15) is 4.79 Å². The second kappa shape index (κ2) is 11.7. The van der Waals surface area contributed by atoms with Crippen molar-refractivity contribution in [3.05, 3.63) is 60.7 Å². The molecule has 1 heterocycles. The summed E-state index contributed by atoms with van der Waals surface area (Å²) in [4.78, 5) is 13.7. The van der Waals surface area contributed by atoms with Gasteiger partial charge in [-0.05, 0) is 55.0 Å². The smallest absolute Gasteiger partial charge is 0.255 e. The summed E-state index contributed by atoms with van der Waals surface area (Å²) in [6.07, 6.45) is 11.2. The van der Waals surface area contributed by atoms with Crippen LogP contribution in [0.1, 0.15) is 42.5 Å². The van der Waals surface area contributed by atoms with Crippen LogP contribution >= 0.6 is 11.9 Å². The topological polar surface area (TPSA) is 41.6 Å². The molecule has 4 nitrogen and oxygen atoms in total. The van der Waals surface area contributed by atoms with Gasteiger partial charge in [-0.25, -0.2) is 4.31 Å². The van der Waals surface area contributed by atoms with E-state index in [0.717, 1.165) is 23.6 Å². The van der Waals surface area contributed by atoms with Gasteiger partial charge in [-0.15, -0.1) is 0 Å². The summed E-state index contributed by atoms with van der Waals surface area (Å²) < 4.78 is 7.79. The lowest BCUT2D eigenvalue weighted by molar-refractivity contribution is 0.0951. The van der Waals surface area contributed by atoms with Gasteiger partial charge < -0.3 is 10.1 Å². The Morgan fingerprint density at radius 3 is 2.63 bits per heavy atom. The summed E-state index contributed by atoms with van der Waals surface area (Å²) in [6.45, 7) is 10.2. The molecule has 0 radical (unpaired) electrons. The first-order valence-electron chi connectivity index (χ1n) is 9.51. The van der Waals surface area contributed by atoms with E-state index < -0.39 is 0 Å². The molecule has 0 unspecified atom stereocenters. The summed E-state index contributed by atoms with van der Waals surface area (Å²) in [7, 11) is 1.59. The third kappa shape index (κ3) is 6.92. The maximum Gasteiger partial charge on any atom is 0.255 e. The summed E-state index contributed by atoms with van der Waals surface area (Å²) >= 11 is 1.73. The third-order valence-electron chi connectivity index (χ3n) is 4.51. The Labute approximate surface area is 167 Å². The van der Waals surface area contributed by atoms with Crippen molar-refractivity contribution in [3.63, 3.8) is 0 Å². The van der Waals surface area contributed by atoms with Crippen molar-refractivity contribution in [2.45, 2.75) is 37.0 Å². The SMILES string of the molecule is C=C/C=C(\C=C)CCNC(=O)c1cc(SN2CCCCCC2)ccc1OC. The van der Waals surface area contributed by atoms with Gasteiger partial charge in [0.05, 0.1) is 12.7 Å². The lowest BCUT2D eigenvalue weighted by Gasteiger charge is -2.19. The Hall–Kier alpha value is -1.98. The molecule has 27 heavy (non-hydrogen) atoms. The Bertz CT molecular complexity index is 677. The zero-order chi connectivity index (χ0) is 19.5. The summed E-state index contributed by atoms with van der Waals surface area (Å²) in [5, 5.41) is 2.97. The van der Waals surface area contributed by atoms with Gasteiger partial charge in [0.1, 0.15) is 5.75 Å². The van der Waals surface area contributed by atoms with Crippen molar-refractivity contribution in [3.8, 4) is 5.75 Å². The van der Waals surface area contributed by atoms with Crippen LogP contribution in [-0.2, 0) is 0 Å². The fourth-order valence-corrected chi connectivity index (χ4v) is 4.06. The minimum absolute atomic E-state index is 0.118. The van der Waals surface area contributed by atoms with E-state index in [-0.39, 0.29) is 5.91 Å². The Morgan fingerprint density at radius 2 is 2.00 bits per heavy atom. The second-order valence-electron chi connectivity index (χ2n) is 6.48. The lowest BCUT2D eigenvalue weighted by atomic mass is 10.1. The first-order valence-corrected chi connectivity index (χ1v) is 10.3. The van der Waals surface area contributed by atoms with E-state index >= 15 is 0 Å². The van der Waals surface area contributed by atoms with Crippen LogP contribution in [-0.4, -0.2) is 37.0 Å². The molecule has 1 aromatic rings. The molecule has 0 aromatic heterocycles.